The largest absolute Gasteiger partial charge is 0.412 e. The summed E-state index contributed by atoms with van der Waals surface area (Å²) in [6.07, 6.45) is -1.20. The van der Waals surface area contributed by atoms with Gasteiger partial charge in [-0.15, -0.1) is 0 Å². The van der Waals surface area contributed by atoms with Crippen molar-refractivity contribution in [1.82, 2.24) is 10.6 Å². The molecule has 0 unspecified atom stereocenters. The monoisotopic (exact) mass is 526 g/mol. The summed E-state index contributed by atoms with van der Waals surface area (Å²) >= 11 is 3.39. The van der Waals surface area contributed by atoms with Gasteiger partial charge in [0.15, 0.2) is 11.5 Å². The van der Waals surface area contributed by atoms with Crippen LogP contribution in [0.3, 0.4) is 0 Å². The van der Waals surface area contributed by atoms with Gasteiger partial charge in [-0.05, 0) is 39.9 Å². The van der Waals surface area contributed by atoms with Gasteiger partial charge in [0.25, 0.3) is 0 Å². The fourth-order valence-corrected chi connectivity index (χ4v) is 4.94. The summed E-state index contributed by atoms with van der Waals surface area (Å²) in [6, 6.07) is 4.65. The van der Waals surface area contributed by atoms with Gasteiger partial charge < -0.3 is 20.1 Å². The van der Waals surface area contributed by atoms with E-state index < -0.39 is 12.2 Å². The smallest absolute Gasteiger partial charge is 0.406 e. The highest BCUT2D eigenvalue weighted by atomic mass is 79.9. The average Bonchev–Trinajstić information content (AvgIpc) is 2.56. The van der Waals surface area contributed by atoms with E-state index in [0.29, 0.717) is 4.47 Å². The molecular formula is C26H43BrN2O4. The molecule has 2 amide bonds. The van der Waals surface area contributed by atoms with Gasteiger partial charge in [0.1, 0.15) is 0 Å². The summed E-state index contributed by atoms with van der Waals surface area (Å²) in [6.45, 7) is 24.9. The van der Waals surface area contributed by atoms with E-state index >= 15 is 0 Å². The Morgan fingerprint density at radius 2 is 1.00 bits per heavy atom. The Morgan fingerprint density at radius 1 is 0.667 bits per heavy atom. The standard InChI is InChI=1S/C26H43BrN2O4/c1-23(2,3)19(24(4,5)6)28-21(30)32-17-14-13-16(27)15-18(17)33-22(31)29-20(25(7,8)9)26(10,11)12/h13-15,19-20H,1-12H3,(H,28,30)(H,29,31). The molecule has 7 heteroatoms. The molecule has 0 aromatic heterocycles. The molecule has 0 saturated heterocycles. The van der Waals surface area contributed by atoms with Crippen LogP contribution in [0.5, 0.6) is 11.5 Å². The summed E-state index contributed by atoms with van der Waals surface area (Å²) in [5, 5.41) is 5.97. The zero-order valence-electron chi connectivity index (χ0n) is 22.4. The number of hydrogen-bond acceptors (Lipinski definition) is 4. The lowest BCUT2D eigenvalue weighted by atomic mass is 9.72. The van der Waals surface area contributed by atoms with Crippen LogP contribution in [0.1, 0.15) is 83.1 Å². The lowest BCUT2D eigenvalue weighted by Gasteiger charge is -2.41. The quantitative estimate of drug-likeness (QED) is 0.424. The number of halogens is 1. The molecule has 33 heavy (non-hydrogen) atoms. The number of benzene rings is 1. The van der Waals surface area contributed by atoms with Gasteiger partial charge >= 0.3 is 12.2 Å². The molecule has 0 bridgehead atoms. The fraction of sp³-hybridized carbons (Fsp3) is 0.692. The maximum atomic E-state index is 12.8. The van der Waals surface area contributed by atoms with Crippen LogP contribution >= 0.6 is 15.9 Å². The van der Waals surface area contributed by atoms with E-state index in [9.17, 15) is 9.59 Å². The molecule has 0 aliphatic rings. The van der Waals surface area contributed by atoms with Crippen molar-refractivity contribution in [2.75, 3.05) is 0 Å². The van der Waals surface area contributed by atoms with E-state index in [1.807, 2.05) is 0 Å². The number of carbonyl (C=O) groups is 2. The van der Waals surface area contributed by atoms with E-state index in [0.717, 1.165) is 0 Å². The second-order valence-electron chi connectivity index (χ2n) is 13.0. The Balaban J connectivity index is 3.08. The van der Waals surface area contributed by atoms with Crippen molar-refractivity contribution in [3.05, 3.63) is 22.7 Å². The summed E-state index contributed by atoms with van der Waals surface area (Å²) in [4.78, 5) is 25.6. The first-order valence-corrected chi connectivity index (χ1v) is 12.2. The van der Waals surface area contributed by atoms with Crippen molar-refractivity contribution in [3.8, 4) is 11.5 Å². The number of hydrogen-bond donors (Lipinski definition) is 2. The number of amides is 2. The Labute approximate surface area is 208 Å². The normalized spacial score (nSPS) is 13.2. The molecule has 0 atom stereocenters. The minimum Gasteiger partial charge on any atom is -0.406 e. The van der Waals surface area contributed by atoms with Crippen molar-refractivity contribution < 1.29 is 19.1 Å². The Bertz CT molecular complexity index is 812. The predicted molar refractivity (Wildman–Crippen MR) is 138 cm³/mol. The zero-order chi connectivity index (χ0) is 26.0. The first kappa shape index (κ1) is 29.3. The highest BCUT2D eigenvalue weighted by Crippen LogP contribution is 2.36. The van der Waals surface area contributed by atoms with Crippen LogP contribution in [0.4, 0.5) is 9.59 Å². The van der Waals surface area contributed by atoms with Crippen LogP contribution in [0, 0.1) is 21.7 Å². The molecule has 0 saturated carbocycles. The molecule has 0 heterocycles. The van der Waals surface area contributed by atoms with E-state index in [4.69, 9.17) is 9.47 Å². The van der Waals surface area contributed by atoms with Crippen LogP contribution in [-0.2, 0) is 0 Å². The summed E-state index contributed by atoms with van der Waals surface area (Å²) in [5.41, 5.74) is -0.707. The van der Waals surface area contributed by atoms with E-state index in [1.54, 1.807) is 18.2 Å². The van der Waals surface area contributed by atoms with Gasteiger partial charge in [-0.2, -0.15) is 0 Å². The lowest BCUT2D eigenvalue weighted by molar-refractivity contribution is 0.122. The van der Waals surface area contributed by atoms with Gasteiger partial charge in [0.05, 0.1) is 0 Å². The summed E-state index contributed by atoms with van der Waals surface area (Å²) in [7, 11) is 0. The molecule has 1 aromatic rings. The van der Waals surface area contributed by atoms with Crippen LogP contribution in [-0.4, -0.2) is 24.3 Å². The van der Waals surface area contributed by atoms with Crippen LogP contribution in [0.25, 0.3) is 0 Å². The van der Waals surface area contributed by atoms with Gasteiger partial charge in [-0.25, -0.2) is 9.59 Å². The van der Waals surface area contributed by atoms with Crippen LogP contribution < -0.4 is 20.1 Å². The number of ether oxygens (including phenoxy) is 2. The molecular weight excluding hydrogens is 484 g/mol. The SMILES string of the molecule is CC(C)(C)C(NC(=O)Oc1ccc(Br)cc1OC(=O)NC(C(C)(C)C)C(C)(C)C)C(C)(C)C. The lowest BCUT2D eigenvalue weighted by Crippen LogP contribution is -2.52. The number of nitrogens with one attached hydrogen (secondary N) is 2. The molecule has 0 aliphatic heterocycles. The number of carbonyl (C=O) groups excluding carboxylic acids is 2. The van der Waals surface area contributed by atoms with Crippen LogP contribution in [0.2, 0.25) is 0 Å². The van der Waals surface area contributed by atoms with E-state index in [-0.39, 0.29) is 45.2 Å². The third-order valence-corrected chi connectivity index (χ3v) is 5.79. The Morgan fingerprint density at radius 3 is 1.33 bits per heavy atom. The fourth-order valence-electron chi connectivity index (χ4n) is 4.60. The van der Waals surface area contributed by atoms with Gasteiger partial charge in [-0.1, -0.05) is 99.0 Å². The van der Waals surface area contributed by atoms with Crippen molar-refractivity contribution in [2.45, 2.75) is 95.2 Å². The summed E-state index contributed by atoms with van der Waals surface area (Å²) in [5.74, 6) is 0.317. The third kappa shape index (κ3) is 9.19. The van der Waals surface area contributed by atoms with Crippen molar-refractivity contribution in [3.63, 3.8) is 0 Å². The third-order valence-electron chi connectivity index (χ3n) is 5.30. The second-order valence-corrected chi connectivity index (χ2v) is 13.9. The maximum absolute atomic E-state index is 12.8. The molecule has 1 aromatic carbocycles. The van der Waals surface area contributed by atoms with Crippen molar-refractivity contribution in [1.29, 1.82) is 0 Å². The molecule has 6 nitrogen and oxygen atoms in total. The van der Waals surface area contributed by atoms with Gasteiger partial charge in [-0.3, -0.25) is 0 Å². The van der Waals surface area contributed by atoms with Gasteiger partial charge in [0.2, 0.25) is 0 Å². The minimum atomic E-state index is -0.601. The first-order chi connectivity index (χ1) is 14.6. The van der Waals surface area contributed by atoms with E-state index in [2.05, 4.69) is 110 Å². The maximum Gasteiger partial charge on any atom is 0.412 e. The molecule has 0 spiro atoms. The first-order valence-electron chi connectivity index (χ1n) is 11.4. The van der Waals surface area contributed by atoms with Crippen LogP contribution in [0.15, 0.2) is 22.7 Å². The molecule has 0 radical (unpaired) electrons. The molecule has 1 rings (SSSR count). The number of rotatable bonds is 4. The molecule has 0 fully saturated rings. The van der Waals surface area contributed by atoms with E-state index in [1.165, 1.54) is 0 Å². The van der Waals surface area contributed by atoms with Crippen molar-refractivity contribution in [2.24, 2.45) is 21.7 Å². The molecule has 2 N–H and O–H groups in total. The summed E-state index contributed by atoms with van der Waals surface area (Å²) < 4.78 is 11.9. The topological polar surface area (TPSA) is 76.7 Å². The Hall–Kier alpha value is -1.76. The predicted octanol–water partition coefficient (Wildman–Crippen LogP) is 7.55. The molecule has 188 valence electrons. The Kier molecular flexibility index (Phi) is 9.09. The highest BCUT2D eigenvalue weighted by molar-refractivity contribution is 9.10. The molecule has 0 aliphatic carbocycles. The average molecular weight is 528 g/mol. The minimum absolute atomic E-state index is 0.139. The van der Waals surface area contributed by atoms with Gasteiger partial charge in [0, 0.05) is 16.6 Å². The highest BCUT2D eigenvalue weighted by Gasteiger charge is 2.38. The van der Waals surface area contributed by atoms with Crippen molar-refractivity contribution >= 4 is 28.1 Å². The second kappa shape index (κ2) is 10.2. The zero-order valence-corrected chi connectivity index (χ0v) is 24.0.